The van der Waals surface area contributed by atoms with Crippen molar-refractivity contribution < 1.29 is 18.0 Å². The molecule has 2 heterocycles. The van der Waals surface area contributed by atoms with Crippen LogP contribution in [0.25, 0.3) is 0 Å². The molecule has 2 aromatic heterocycles. The van der Waals surface area contributed by atoms with Crippen LogP contribution in [0.15, 0.2) is 41.0 Å². The number of aryl methyl sites for hydroxylation is 1. The van der Waals surface area contributed by atoms with Gasteiger partial charge in [0.05, 0.1) is 16.7 Å². The molecule has 1 atom stereocenters. The molecule has 1 saturated carbocycles. The number of amides is 1. The van der Waals surface area contributed by atoms with E-state index in [-0.39, 0.29) is 10.4 Å². The fourth-order valence-corrected chi connectivity index (χ4v) is 4.29. The summed E-state index contributed by atoms with van der Waals surface area (Å²) in [5.74, 6) is -0.173. The summed E-state index contributed by atoms with van der Waals surface area (Å²) in [7, 11) is 0. The van der Waals surface area contributed by atoms with Gasteiger partial charge in [0, 0.05) is 18.2 Å². The topological polar surface area (TPSA) is 64.7 Å². The van der Waals surface area contributed by atoms with E-state index in [4.69, 9.17) is 0 Å². The van der Waals surface area contributed by atoms with Gasteiger partial charge < -0.3 is 5.32 Å². The molecule has 3 aromatic rings. The van der Waals surface area contributed by atoms with Crippen molar-refractivity contribution in [3.05, 3.63) is 63.5 Å². The summed E-state index contributed by atoms with van der Waals surface area (Å²) >= 11 is 3.05. The Balaban J connectivity index is 1.50. The molecule has 1 aliphatic carbocycles. The number of hydrogen-bond acceptors (Lipinski definition) is 3. The van der Waals surface area contributed by atoms with Crippen LogP contribution in [0.2, 0.25) is 0 Å². The molecular formula is C21H21BrF3N5O. The van der Waals surface area contributed by atoms with Crippen LogP contribution >= 0.6 is 15.9 Å². The van der Waals surface area contributed by atoms with Crippen molar-refractivity contribution in [1.29, 1.82) is 0 Å². The van der Waals surface area contributed by atoms with Crippen molar-refractivity contribution in [2.45, 2.75) is 51.4 Å². The molecule has 10 heteroatoms. The monoisotopic (exact) mass is 495 g/mol. The number of alkyl halides is 3. The van der Waals surface area contributed by atoms with E-state index < -0.39 is 23.8 Å². The van der Waals surface area contributed by atoms with E-state index in [1.165, 1.54) is 11.6 Å². The van der Waals surface area contributed by atoms with Gasteiger partial charge in [-0.15, -0.1) is 0 Å². The maximum Gasteiger partial charge on any atom is 0.436 e. The number of nitrogens with one attached hydrogen (secondary N) is 1. The normalized spacial score (nSPS) is 15.2. The van der Waals surface area contributed by atoms with Gasteiger partial charge in [0.25, 0.3) is 0 Å². The number of nitrogens with zero attached hydrogens (tertiary/aromatic N) is 4. The van der Waals surface area contributed by atoms with Crippen LogP contribution in [0.1, 0.15) is 54.2 Å². The van der Waals surface area contributed by atoms with Gasteiger partial charge in [-0.05, 0) is 48.2 Å². The Bertz CT molecular complexity index is 1120. The molecule has 1 unspecified atom stereocenters. The van der Waals surface area contributed by atoms with Crippen LogP contribution in [0.5, 0.6) is 0 Å². The summed E-state index contributed by atoms with van der Waals surface area (Å²) < 4.78 is 42.8. The lowest BCUT2D eigenvalue weighted by Crippen LogP contribution is -2.26. The smallest absolute Gasteiger partial charge is 0.307 e. The minimum Gasteiger partial charge on any atom is -0.307 e. The third kappa shape index (κ3) is 4.68. The highest BCUT2D eigenvalue weighted by molar-refractivity contribution is 9.10. The zero-order valence-corrected chi connectivity index (χ0v) is 18.5. The maximum atomic E-state index is 13.3. The lowest BCUT2D eigenvalue weighted by Gasteiger charge is -2.15. The standard InChI is InChI=1S/C21H21BrF3N5O/c1-12-4-3-5-14(10-12)11-29-9-8-16(27-29)26-20(31)13(2)30-18(15-6-7-15)17(22)19(28-30)21(23,24)25/h3-5,8-10,13,15H,6-7,11H2,1-2H3,(H,26,27,31). The molecule has 1 aromatic carbocycles. The van der Waals surface area contributed by atoms with Gasteiger partial charge in [-0.1, -0.05) is 29.8 Å². The number of hydrogen-bond donors (Lipinski definition) is 1. The Morgan fingerprint density at radius 1 is 1.29 bits per heavy atom. The molecular weight excluding hydrogens is 475 g/mol. The second kappa shape index (κ2) is 8.14. The van der Waals surface area contributed by atoms with Crippen molar-refractivity contribution in [1.82, 2.24) is 19.6 Å². The van der Waals surface area contributed by atoms with Gasteiger partial charge in [0.15, 0.2) is 11.5 Å². The average molecular weight is 496 g/mol. The highest BCUT2D eigenvalue weighted by Crippen LogP contribution is 2.47. The summed E-state index contributed by atoms with van der Waals surface area (Å²) in [6, 6.07) is 8.74. The van der Waals surface area contributed by atoms with Gasteiger partial charge in [-0.25, -0.2) is 0 Å². The molecule has 4 rings (SSSR count). The second-order valence-corrected chi connectivity index (χ2v) is 8.61. The van der Waals surface area contributed by atoms with E-state index >= 15 is 0 Å². The minimum absolute atomic E-state index is 0.0261. The first kappa shape index (κ1) is 21.6. The molecule has 31 heavy (non-hydrogen) atoms. The summed E-state index contributed by atoms with van der Waals surface area (Å²) in [4.78, 5) is 12.8. The number of aromatic nitrogens is 4. The predicted molar refractivity (Wildman–Crippen MR) is 113 cm³/mol. The minimum atomic E-state index is -4.60. The van der Waals surface area contributed by atoms with Crippen LogP contribution in [0.4, 0.5) is 19.0 Å². The summed E-state index contributed by atoms with van der Waals surface area (Å²) in [6.07, 6.45) is -1.30. The molecule has 0 radical (unpaired) electrons. The summed E-state index contributed by atoms with van der Waals surface area (Å²) in [5.41, 5.74) is 1.63. The number of halogens is 4. The summed E-state index contributed by atoms with van der Waals surface area (Å²) in [5, 5.41) is 10.8. The molecule has 0 spiro atoms. The average Bonchev–Trinajstić information content (AvgIpc) is 3.33. The van der Waals surface area contributed by atoms with Gasteiger partial charge in [-0.3, -0.25) is 14.2 Å². The van der Waals surface area contributed by atoms with E-state index in [0.29, 0.717) is 18.1 Å². The SMILES string of the molecule is Cc1cccc(Cn2ccc(NC(=O)C(C)n3nc(C(F)(F)F)c(Br)c3C3CC3)n2)c1. The van der Waals surface area contributed by atoms with Gasteiger partial charge in [-0.2, -0.15) is 23.4 Å². The zero-order valence-electron chi connectivity index (χ0n) is 16.9. The zero-order chi connectivity index (χ0) is 22.3. The quantitative estimate of drug-likeness (QED) is 0.504. The number of anilines is 1. The Morgan fingerprint density at radius 2 is 2.03 bits per heavy atom. The highest BCUT2D eigenvalue weighted by Gasteiger charge is 2.43. The molecule has 1 fully saturated rings. The molecule has 0 saturated heterocycles. The van der Waals surface area contributed by atoms with Crippen LogP contribution < -0.4 is 5.32 Å². The lowest BCUT2D eigenvalue weighted by molar-refractivity contribution is -0.142. The van der Waals surface area contributed by atoms with Crippen LogP contribution in [-0.4, -0.2) is 25.5 Å². The van der Waals surface area contributed by atoms with E-state index in [1.54, 1.807) is 16.9 Å². The number of benzene rings is 1. The van der Waals surface area contributed by atoms with E-state index in [2.05, 4.69) is 37.5 Å². The molecule has 164 valence electrons. The fourth-order valence-electron chi connectivity index (χ4n) is 3.48. The first-order valence-corrected chi connectivity index (χ1v) is 10.7. The van der Waals surface area contributed by atoms with Gasteiger partial charge in [0.2, 0.25) is 5.91 Å². The number of carbonyl (C=O) groups excluding carboxylic acids is 1. The molecule has 1 amide bonds. The first-order chi connectivity index (χ1) is 14.6. The number of carbonyl (C=O) groups is 1. The van der Waals surface area contributed by atoms with Crippen molar-refractivity contribution in [3.8, 4) is 0 Å². The molecule has 6 nitrogen and oxygen atoms in total. The van der Waals surface area contributed by atoms with Crippen molar-refractivity contribution >= 4 is 27.7 Å². The van der Waals surface area contributed by atoms with Crippen molar-refractivity contribution in [2.75, 3.05) is 5.32 Å². The Kier molecular flexibility index (Phi) is 5.67. The molecule has 1 aliphatic rings. The number of rotatable bonds is 6. The fraction of sp³-hybridized carbons (Fsp3) is 0.381. The van der Waals surface area contributed by atoms with Crippen LogP contribution in [0, 0.1) is 6.92 Å². The predicted octanol–water partition coefficient (Wildman–Crippen LogP) is 5.29. The van der Waals surface area contributed by atoms with E-state index in [0.717, 1.165) is 24.0 Å². The van der Waals surface area contributed by atoms with Crippen LogP contribution in [0.3, 0.4) is 0 Å². The highest BCUT2D eigenvalue weighted by atomic mass is 79.9. The molecule has 0 aliphatic heterocycles. The maximum absolute atomic E-state index is 13.3. The third-order valence-corrected chi connectivity index (χ3v) is 5.97. The van der Waals surface area contributed by atoms with Gasteiger partial charge in [0.1, 0.15) is 6.04 Å². The van der Waals surface area contributed by atoms with Crippen molar-refractivity contribution in [2.24, 2.45) is 0 Å². The van der Waals surface area contributed by atoms with Gasteiger partial charge >= 0.3 is 6.18 Å². The Hall–Kier alpha value is -2.62. The van der Waals surface area contributed by atoms with E-state index in [1.807, 2.05) is 25.1 Å². The van der Waals surface area contributed by atoms with E-state index in [9.17, 15) is 18.0 Å². The summed E-state index contributed by atoms with van der Waals surface area (Å²) in [6.45, 7) is 4.08. The lowest BCUT2D eigenvalue weighted by atomic mass is 10.1. The van der Waals surface area contributed by atoms with Crippen LogP contribution in [-0.2, 0) is 17.5 Å². The Labute approximate surface area is 185 Å². The molecule has 0 bridgehead atoms. The third-order valence-electron chi connectivity index (χ3n) is 5.19. The molecule has 1 N–H and O–H groups in total. The van der Waals surface area contributed by atoms with Crippen molar-refractivity contribution in [3.63, 3.8) is 0 Å². The second-order valence-electron chi connectivity index (χ2n) is 7.82. The Morgan fingerprint density at radius 3 is 2.68 bits per heavy atom. The largest absolute Gasteiger partial charge is 0.436 e. The first-order valence-electron chi connectivity index (χ1n) is 9.88.